The van der Waals surface area contributed by atoms with Gasteiger partial charge in [-0.25, -0.2) is 0 Å². The molecule has 2 amide bonds. The van der Waals surface area contributed by atoms with Crippen LogP contribution in [-0.4, -0.2) is 60.0 Å². The maximum atomic E-state index is 13.0. The summed E-state index contributed by atoms with van der Waals surface area (Å²) in [6.45, 7) is 6.66. The summed E-state index contributed by atoms with van der Waals surface area (Å²) in [6, 6.07) is 7.68. The van der Waals surface area contributed by atoms with Gasteiger partial charge < -0.3 is 14.5 Å². The zero-order valence-electron chi connectivity index (χ0n) is 15.0. The normalized spacial score (nSPS) is 31.4. The van der Waals surface area contributed by atoms with Gasteiger partial charge in [0.15, 0.2) is 0 Å². The van der Waals surface area contributed by atoms with E-state index in [9.17, 15) is 9.59 Å². The fraction of sp³-hybridized carbons (Fsp3) is 0.600. The molecule has 4 rings (SSSR count). The molecular weight excluding hydrogens is 316 g/mol. The molecule has 0 spiro atoms. The first-order valence-electron chi connectivity index (χ1n) is 9.32. The zero-order valence-corrected chi connectivity index (χ0v) is 15.0. The number of aryl methyl sites for hydroxylation is 1. The van der Waals surface area contributed by atoms with Gasteiger partial charge in [0.2, 0.25) is 5.91 Å². The van der Waals surface area contributed by atoms with Crippen LogP contribution in [0.4, 0.5) is 0 Å². The van der Waals surface area contributed by atoms with Crippen molar-refractivity contribution >= 4 is 11.8 Å². The highest BCUT2D eigenvalue weighted by Crippen LogP contribution is 2.40. The smallest absolute Gasteiger partial charge is 0.254 e. The van der Waals surface area contributed by atoms with E-state index in [4.69, 9.17) is 4.74 Å². The number of fused-ring (bicyclic) bond motifs is 1. The standard InChI is InChI=1S/C20H26N2O3/c1-13-3-5-15(6-4-13)19(23)22-9-10-25-18-7-8-21(12-17(18)22)20(24)16-11-14(16)2/h3-6,14,16-18H,7-12H2,1-2H3/t14-,16-,17+,18-/m0/s1. The second kappa shape index (κ2) is 6.45. The maximum Gasteiger partial charge on any atom is 0.254 e. The summed E-state index contributed by atoms with van der Waals surface area (Å²) in [7, 11) is 0. The van der Waals surface area contributed by atoms with Crippen LogP contribution in [0.15, 0.2) is 24.3 Å². The predicted molar refractivity (Wildman–Crippen MR) is 94.2 cm³/mol. The lowest BCUT2D eigenvalue weighted by molar-refractivity contribution is -0.142. The summed E-state index contributed by atoms with van der Waals surface area (Å²) in [6.07, 6.45) is 1.87. The number of hydrogen-bond donors (Lipinski definition) is 0. The number of carbonyl (C=O) groups is 2. The van der Waals surface area contributed by atoms with E-state index in [0.717, 1.165) is 24.9 Å². The molecule has 2 saturated heterocycles. The molecule has 0 N–H and O–H groups in total. The molecule has 5 nitrogen and oxygen atoms in total. The molecule has 1 saturated carbocycles. The Kier molecular flexibility index (Phi) is 4.28. The van der Waals surface area contributed by atoms with Crippen molar-refractivity contribution in [3.63, 3.8) is 0 Å². The van der Waals surface area contributed by atoms with Crippen LogP contribution in [0.2, 0.25) is 0 Å². The number of morpholine rings is 1. The largest absolute Gasteiger partial charge is 0.374 e. The number of ether oxygens (including phenoxy) is 1. The molecule has 0 aromatic heterocycles. The van der Waals surface area contributed by atoms with Crippen molar-refractivity contribution in [3.05, 3.63) is 35.4 Å². The minimum absolute atomic E-state index is 0.0330. The molecule has 0 radical (unpaired) electrons. The second-order valence-electron chi connectivity index (χ2n) is 7.73. The summed E-state index contributed by atoms with van der Waals surface area (Å²) in [5.41, 5.74) is 1.86. The number of hydrogen-bond acceptors (Lipinski definition) is 3. The number of piperidine rings is 1. The van der Waals surface area contributed by atoms with Crippen LogP contribution < -0.4 is 0 Å². The van der Waals surface area contributed by atoms with E-state index in [-0.39, 0.29) is 29.9 Å². The van der Waals surface area contributed by atoms with Gasteiger partial charge in [0.25, 0.3) is 5.91 Å². The van der Waals surface area contributed by atoms with Gasteiger partial charge in [-0.3, -0.25) is 9.59 Å². The quantitative estimate of drug-likeness (QED) is 0.827. The highest BCUT2D eigenvalue weighted by molar-refractivity contribution is 5.94. The molecule has 2 aliphatic heterocycles. The second-order valence-corrected chi connectivity index (χ2v) is 7.73. The molecule has 2 heterocycles. The molecular formula is C20H26N2O3. The van der Waals surface area contributed by atoms with Crippen LogP contribution in [0, 0.1) is 18.8 Å². The lowest BCUT2D eigenvalue weighted by Gasteiger charge is -2.47. The SMILES string of the molecule is Cc1ccc(C(=O)N2CCO[C@H]3CCN(C(=O)[C@H]4C[C@@H]4C)C[C@H]32)cc1. The van der Waals surface area contributed by atoms with Gasteiger partial charge in [-0.05, 0) is 37.8 Å². The van der Waals surface area contributed by atoms with Crippen LogP contribution in [0.1, 0.15) is 35.7 Å². The molecule has 25 heavy (non-hydrogen) atoms. The summed E-state index contributed by atoms with van der Waals surface area (Å²) < 4.78 is 5.91. The number of carbonyl (C=O) groups excluding carboxylic acids is 2. The molecule has 3 fully saturated rings. The molecule has 1 aliphatic carbocycles. The first-order valence-corrected chi connectivity index (χ1v) is 9.32. The number of benzene rings is 1. The maximum absolute atomic E-state index is 13.0. The van der Waals surface area contributed by atoms with Crippen LogP contribution in [-0.2, 0) is 9.53 Å². The van der Waals surface area contributed by atoms with Crippen molar-refractivity contribution in [1.29, 1.82) is 0 Å². The minimum Gasteiger partial charge on any atom is -0.374 e. The third-order valence-electron chi connectivity index (χ3n) is 5.88. The van der Waals surface area contributed by atoms with Crippen LogP contribution in [0.5, 0.6) is 0 Å². The van der Waals surface area contributed by atoms with Crippen molar-refractivity contribution in [2.45, 2.75) is 38.8 Å². The lowest BCUT2D eigenvalue weighted by Crippen LogP contribution is -2.62. The van der Waals surface area contributed by atoms with E-state index >= 15 is 0 Å². The molecule has 3 aliphatic rings. The van der Waals surface area contributed by atoms with Crippen molar-refractivity contribution in [2.24, 2.45) is 11.8 Å². The van der Waals surface area contributed by atoms with Crippen molar-refractivity contribution in [1.82, 2.24) is 9.80 Å². The Labute approximate surface area is 148 Å². The first-order chi connectivity index (χ1) is 12.0. The highest BCUT2D eigenvalue weighted by atomic mass is 16.5. The molecule has 4 atom stereocenters. The summed E-state index contributed by atoms with van der Waals surface area (Å²) in [4.78, 5) is 29.5. The Bertz CT molecular complexity index is 672. The Morgan fingerprint density at radius 3 is 2.56 bits per heavy atom. The molecule has 1 aromatic carbocycles. The predicted octanol–water partition coefficient (Wildman–Crippen LogP) is 2.09. The number of rotatable bonds is 2. The first kappa shape index (κ1) is 16.6. The van der Waals surface area contributed by atoms with Crippen LogP contribution in [0.3, 0.4) is 0 Å². The highest BCUT2D eigenvalue weighted by Gasteiger charge is 2.46. The average molecular weight is 342 g/mol. The van der Waals surface area contributed by atoms with Gasteiger partial charge >= 0.3 is 0 Å². The monoisotopic (exact) mass is 342 g/mol. The van der Waals surface area contributed by atoms with Crippen molar-refractivity contribution < 1.29 is 14.3 Å². The van der Waals surface area contributed by atoms with Gasteiger partial charge in [0.1, 0.15) is 0 Å². The number of likely N-dealkylation sites (tertiary alicyclic amines) is 1. The number of nitrogens with zero attached hydrogens (tertiary/aromatic N) is 2. The van der Waals surface area contributed by atoms with Gasteiger partial charge in [-0.15, -0.1) is 0 Å². The Hall–Kier alpha value is -1.88. The Balaban J connectivity index is 1.50. The van der Waals surface area contributed by atoms with Gasteiger partial charge in [-0.1, -0.05) is 24.6 Å². The third kappa shape index (κ3) is 3.17. The van der Waals surface area contributed by atoms with E-state index in [1.807, 2.05) is 41.0 Å². The van der Waals surface area contributed by atoms with E-state index in [0.29, 0.717) is 31.2 Å². The molecule has 134 valence electrons. The Morgan fingerprint density at radius 1 is 1.16 bits per heavy atom. The van der Waals surface area contributed by atoms with Crippen molar-refractivity contribution in [2.75, 3.05) is 26.2 Å². The summed E-state index contributed by atoms with van der Waals surface area (Å²) >= 11 is 0. The topological polar surface area (TPSA) is 49.9 Å². The van der Waals surface area contributed by atoms with Gasteiger partial charge in [-0.2, -0.15) is 0 Å². The summed E-state index contributed by atoms with van der Waals surface area (Å²) in [5.74, 6) is 1.02. The van der Waals surface area contributed by atoms with E-state index in [2.05, 4.69) is 6.92 Å². The van der Waals surface area contributed by atoms with Crippen molar-refractivity contribution in [3.8, 4) is 0 Å². The fourth-order valence-electron chi connectivity index (χ4n) is 4.09. The Morgan fingerprint density at radius 2 is 1.88 bits per heavy atom. The molecule has 0 bridgehead atoms. The van der Waals surface area contributed by atoms with Gasteiger partial charge in [0.05, 0.1) is 18.8 Å². The third-order valence-corrected chi connectivity index (χ3v) is 5.88. The van der Waals surface area contributed by atoms with Crippen LogP contribution >= 0.6 is 0 Å². The zero-order chi connectivity index (χ0) is 17.6. The van der Waals surface area contributed by atoms with Gasteiger partial charge in [0, 0.05) is 31.1 Å². The molecule has 0 unspecified atom stereocenters. The molecule has 1 aromatic rings. The number of amides is 2. The minimum atomic E-state index is -0.0330. The fourth-order valence-corrected chi connectivity index (χ4v) is 4.09. The summed E-state index contributed by atoms with van der Waals surface area (Å²) in [5, 5.41) is 0. The average Bonchev–Trinajstić information content (AvgIpc) is 3.37. The van der Waals surface area contributed by atoms with E-state index in [1.165, 1.54) is 0 Å². The van der Waals surface area contributed by atoms with E-state index in [1.54, 1.807) is 0 Å². The van der Waals surface area contributed by atoms with E-state index < -0.39 is 0 Å². The molecule has 5 heteroatoms. The lowest BCUT2D eigenvalue weighted by atomic mass is 9.97. The van der Waals surface area contributed by atoms with Crippen LogP contribution in [0.25, 0.3) is 0 Å².